The zero-order valence-electron chi connectivity index (χ0n) is 45.1. The van der Waals surface area contributed by atoms with E-state index < -0.39 is 125 Å². The van der Waals surface area contributed by atoms with E-state index in [1.54, 1.807) is 62.3 Å². The summed E-state index contributed by atoms with van der Waals surface area (Å²) < 4.78 is 17.4. The highest BCUT2D eigenvalue weighted by Gasteiger charge is 2.61. The molecule has 16 nitrogen and oxygen atoms in total. The molecule has 68 heavy (non-hydrogen) atoms. The smallest absolute Gasteiger partial charge is 0.305 e. The lowest BCUT2D eigenvalue weighted by molar-refractivity contribution is -0.374. The molecule has 19 atom stereocenters. The fourth-order valence-electron chi connectivity index (χ4n) is 11.2. The number of allylic oxidation sites excluding steroid dienone is 2. The summed E-state index contributed by atoms with van der Waals surface area (Å²) in [7, 11) is 2.96. The number of aliphatic hydroxyl groups excluding tert-OH is 5. The van der Waals surface area contributed by atoms with Crippen molar-refractivity contribution in [2.45, 2.75) is 216 Å². The molecule has 19 unspecified atom stereocenters. The van der Waals surface area contributed by atoms with Crippen molar-refractivity contribution in [1.82, 2.24) is 0 Å². The normalized spacial score (nSPS) is 27.2. The molecule has 1 rings (SSSR count). The van der Waals surface area contributed by atoms with Crippen LogP contribution in [0.1, 0.15) is 150 Å². The second-order valence-electron chi connectivity index (χ2n) is 22.6. The lowest BCUT2D eigenvalue weighted by Crippen LogP contribution is -2.66. The van der Waals surface area contributed by atoms with Crippen molar-refractivity contribution in [3.05, 3.63) is 23.3 Å². The number of Topliss-reactive ketones (excluding diaryl/α,β-unsaturated/α-hetero) is 1. The van der Waals surface area contributed by atoms with Gasteiger partial charge in [-0.15, -0.1) is 0 Å². The van der Waals surface area contributed by atoms with E-state index in [0.29, 0.717) is 0 Å². The molecular weight excluding hydrogens is 881 g/mol. The van der Waals surface area contributed by atoms with Gasteiger partial charge in [-0.2, -0.15) is 0 Å². The highest BCUT2D eigenvalue weighted by atomic mass is 16.6. The lowest BCUT2D eigenvalue weighted by atomic mass is 9.64. The summed E-state index contributed by atoms with van der Waals surface area (Å²) in [5, 5.41) is 106. The predicted octanol–water partition coefficient (Wildman–Crippen LogP) is 5.77. The van der Waals surface area contributed by atoms with E-state index in [9.17, 15) is 60.3 Å². The second-order valence-corrected chi connectivity index (χ2v) is 22.6. The van der Waals surface area contributed by atoms with Crippen molar-refractivity contribution in [2.24, 2.45) is 58.2 Å². The van der Waals surface area contributed by atoms with Gasteiger partial charge in [-0.25, -0.2) is 0 Å². The number of methoxy groups -OCH3 is 2. The Morgan fingerprint density at radius 2 is 1.12 bits per heavy atom. The van der Waals surface area contributed by atoms with Gasteiger partial charge in [-0.05, 0) is 66.2 Å². The van der Waals surface area contributed by atoms with Crippen LogP contribution in [0, 0.1) is 58.2 Å². The molecule has 0 aliphatic carbocycles. The maximum Gasteiger partial charge on any atom is 0.305 e. The Kier molecular flexibility index (Phi) is 25.5. The first-order chi connectivity index (χ1) is 30.7. The third-order valence-corrected chi connectivity index (χ3v) is 15.0. The molecule has 0 aromatic heterocycles. The number of carbonyl (C=O) groups is 3. The van der Waals surface area contributed by atoms with Gasteiger partial charge in [0, 0.05) is 55.1 Å². The Morgan fingerprint density at radius 3 is 1.47 bits per heavy atom. The molecule has 1 saturated heterocycles. The van der Waals surface area contributed by atoms with Crippen molar-refractivity contribution in [2.75, 3.05) is 14.2 Å². The monoisotopic (exact) mass is 977 g/mol. The molecule has 0 bridgehead atoms. The van der Waals surface area contributed by atoms with Crippen LogP contribution < -0.4 is 0 Å². The van der Waals surface area contributed by atoms with E-state index >= 15 is 0 Å². The summed E-state index contributed by atoms with van der Waals surface area (Å²) in [6, 6.07) is 0. The molecule has 1 heterocycles. The molecule has 0 aromatic carbocycles. The molecular formula is C52H96O16. The minimum atomic E-state index is -1.79. The molecule has 1 aliphatic rings. The van der Waals surface area contributed by atoms with Gasteiger partial charge in [0.25, 0.3) is 0 Å². The van der Waals surface area contributed by atoms with Crippen LogP contribution >= 0.6 is 0 Å². The Hall–Kier alpha value is -2.35. The number of ketones is 1. The standard InChI is InChI=1S/2C26H48O8/c1-14(2)11-15(3)21(29)25(9,31)22(30)16(4)12-17(5)26(32)24(7,8)23(33-10)18(6)19(34-26)13-20(27)28;1-14(2)11-15(3)22(31)26(9,33)23(32)17(5)12-16(4)21(30)25(7,8)24(34-10)18(6)19(27)13-20(28)29/h11,15-19,21-23,29-32H,12-13H2,1-10H3,(H,27,28);11,15-19,22-24,27,31-33H,12-13H2,1-10H3,(H,28,29). The van der Waals surface area contributed by atoms with Crippen molar-refractivity contribution in [3.63, 3.8) is 0 Å². The first-order valence-corrected chi connectivity index (χ1v) is 24.2. The molecule has 0 spiro atoms. The Balaban J connectivity index is 0.00000132. The lowest BCUT2D eigenvalue weighted by Gasteiger charge is -2.57. The average Bonchev–Trinajstić information content (AvgIpc) is 3.20. The SMILES string of the molecule is COC(C(C)C(O)CC(=O)O)C(C)(C)C(=O)C(C)CC(C)C(O)C(C)(O)C(O)C(C)C=C(C)C.COC1C(C)C(CC(=O)O)OC(O)(C(C)CC(C)C(O)C(C)(O)C(O)C(C)C=C(C)C)C1(C)C. The summed E-state index contributed by atoms with van der Waals surface area (Å²) in [6.07, 6.45) is -4.61. The molecule has 1 fully saturated rings. The largest absolute Gasteiger partial charge is 0.481 e. The van der Waals surface area contributed by atoms with Gasteiger partial charge in [0.15, 0.2) is 5.79 Å². The van der Waals surface area contributed by atoms with Gasteiger partial charge < -0.3 is 65.3 Å². The molecule has 0 saturated carbocycles. The van der Waals surface area contributed by atoms with Crippen molar-refractivity contribution in [1.29, 1.82) is 0 Å². The minimum absolute atomic E-state index is 0.161. The van der Waals surface area contributed by atoms with Crippen LogP contribution in [0.5, 0.6) is 0 Å². The van der Waals surface area contributed by atoms with Crippen LogP contribution in [0.4, 0.5) is 0 Å². The number of carboxylic acid groups (broad SMARTS) is 2. The van der Waals surface area contributed by atoms with Crippen LogP contribution in [-0.2, 0) is 28.6 Å². The third kappa shape index (κ3) is 16.3. The second kappa shape index (κ2) is 26.4. The molecule has 0 amide bonds. The van der Waals surface area contributed by atoms with Crippen molar-refractivity contribution in [3.8, 4) is 0 Å². The summed E-state index contributed by atoms with van der Waals surface area (Å²) in [5.74, 6) is -7.77. The molecule has 10 N–H and O–H groups in total. The number of aliphatic hydroxyl groups is 8. The first-order valence-electron chi connectivity index (χ1n) is 24.2. The predicted molar refractivity (Wildman–Crippen MR) is 261 cm³/mol. The molecule has 0 radical (unpaired) electrons. The average molecular weight is 977 g/mol. The summed E-state index contributed by atoms with van der Waals surface area (Å²) in [6.45, 7) is 31.5. The highest BCUT2D eigenvalue weighted by Crippen LogP contribution is 2.52. The van der Waals surface area contributed by atoms with Crippen LogP contribution in [0.25, 0.3) is 0 Å². The van der Waals surface area contributed by atoms with Crippen molar-refractivity contribution >= 4 is 17.7 Å². The summed E-state index contributed by atoms with van der Waals surface area (Å²) in [5.41, 5.74) is -3.52. The van der Waals surface area contributed by atoms with Gasteiger partial charge in [0.05, 0.1) is 67.1 Å². The van der Waals surface area contributed by atoms with Crippen molar-refractivity contribution < 1.29 is 79.7 Å². The molecule has 16 heteroatoms. The van der Waals surface area contributed by atoms with E-state index in [2.05, 4.69) is 0 Å². The maximum atomic E-state index is 13.4. The Labute approximate surface area is 408 Å². The quantitative estimate of drug-likeness (QED) is 0.0461. The van der Waals surface area contributed by atoms with Crippen LogP contribution in [-0.4, -0.2) is 149 Å². The third-order valence-electron chi connectivity index (χ3n) is 15.0. The first kappa shape index (κ1) is 65.7. The minimum Gasteiger partial charge on any atom is -0.481 e. The van der Waals surface area contributed by atoms with Crippen LogP contribution in [0.3, 0.4) is 0 Å². The number of hydrogen-bond donors (Lipinski definition) is 10. The van der Waals surface area contributed by atoms with Crippen LogP contribution in [0.15, 0.2) is 23.3 Å². The van der Waals surface area contributed by atoms with E-state index in [-0.39, 0.29) is 42.8 Å². The van der Waals surface area contributed by atoms with E-state index in [4.69, 9.17) is 19.3 Å². The summed E-state index contributed by atoms with van der Waals surface area (Å²) in [4.78, 5) is 35.8. The number of hydrogen-bond acceptors (Lipinski definition) is 14. The number of rotatable bonds is 26. The summed E-state index contributed by atoms with van der Waals surface area (Å²) >= 11 is 0. The van der Waals surface area contributed by atoms with Gasteiger partial charge >= 0.3 is 11.9 Å². The Morgan fingerprint density at radius 1 is 0.706 bits per heavy atom. The maximum absolute atomic E-state index is 13.4. The number of ether oxygens (including phenoxy) is 3. The van der Waals surface area contributed by atoms with Gasteiger partial charge in [0.2, 0.25) is 0 Å². The van der Waals surface area contributed by atoms with E-state index in [0.717, 1.165) is 11.1 Å². The van der Waals surface area contributed by atoms with Gasteiger partial charge in [-0.1, -0.05) is 106 Å². The molecule has 0 aromatic rings. The topological polar surface area (TPSA) is 281 Å². The van der Waals surface area contributed by atoms with E-state index in [1.165, 1.54) is 28.1 Å². The fourth-order valence-corrected chi connectivity index (χ4v) is 11.2. The number of aliphatic carboxylic acids is 2. The van der Waals surface area contributed by atoms with Gasteiger partial charge in [0.1, 0.15) is 17.0 Å². The molecule has 400 valence electrons. The van der Waals surface area contributed by atoms with Crippen LogP contribution in [0.2, 0.25) is 0 Å². The number of carboxylic acids is 2. The molecule has 1 aliphatic heterocycles. The Bertz CT molecular complexity index is 1650. The van der Waals surface area contributed by atoms with Gasteiger partial charge in [-0.3, -0.25) is 14.4 Å². The zero-order chi connectivity index (χ0) is 54.0. The van der Waals surface area contributed by atoms with E-state index in [1.807, 2.05) is 60.6 Å². The highest BCUT2D eigenvalue weighted by molar-refractivity contribution is 5.86. The number of carbonyl (C=O) groups excluding carboxylic acids is 1. The fraction of sp³-hybridized carbons (Fsp3) is 0.865. The zero-order valence-corrected chi connectivity index (χ0v) is 45.1.